The molecule has 0 spiro atoms. The van der Waals surface area contributed by atoms with E-state index in [1.54, 1.807) is 0 Å². The van der Waals surface area contributed by atoms with Gasteiger partial charge in [0.25, 0.3) is 0 Å². The molecule has 1 aliphatic rings. The number of aliphatic hydroxyl groups excluding tert-OH is 1. The van der Waals surface area contributed by atoms with Crippen LogP contribution in [0.2, 0.25) is 18.1 Å². The zero-order chi connectivity index (χ0) is 11.7. The van der Waals surface area contributed by atoms with E-state index >= 15 is 0 Å². The molecule has 0 bridgehead atoms. The number of aliphatic hydroxyl groups is 1. The molecule has 1 saturated heterocycles. The van der Waals surface area contributed by atoms with Crippen molar-refractivity contribution in [3.05, 3.63) is 0 Å². The molecule has 90 valence electrons. The van der Waals surface area contributed by atoms with E-state index in [0.717, 1.165) is 13.1 Å². The fraction of sp³-hybridized carbons (Fsp3) is 1.00. The van der Waals surface area contributed by atoms with Gasteiger partial charge >= 0.3 is 0 Å². The minimum Gasteiger partial charge on any atom is -0.412 e. The first-order valence-electron chi connectivity index (χ1n) is 5.77. The molecule has 0 aromatic carbocycles. The first kappa shape index (κ1) is 13.2. The van der Waals surface area contributed by atoms with Gasteiger partial charge in [-0.3, -0.25) is 0 Å². The Morgan fingerprint density at radius 3 is 2.40 bits per heavy atom. The van der Waals surface area contributed by atoms with Gasteiger partial charge in [-0.2, -0.15) is 0 Å². The Balaban J connectivity index is 2.60. The van der Waals surface area contributed by atoms with Crippen LogP contribution in [0.1, 0.15) is 20.8 Å². The van der Waals surface area contributed by atoms with E-state index < -0.39 is 8.32 Å². The molecule has 0 aliphatic carbocycles. The van der Waals surface area contributed by atoms with Gasteiger partial charge in [0, 0.05) is 25.6 Å². The topological polar surface area (TPSA) is 41.5 Å². The lowest BCUT2D eigenvalue weighted by Gasteiger charge is -2.39. The molecule has 1 rings (SSSR count). The summed E-state index contributed by atoms with van der Waals surface area (Å²) in [5.74, 6) is 0.277. The third kappa shape index (κ3) is 3.03. The summed E-state index contributed by atoms with van der Waals surface area (Å²) in [7, 11) is -1.68. The lowest BCUT2D eigenvalue weighted by molar-refractivity contribution is 0.111. The van der Waals surface area contributed by atoms with Gasteiger partial charge in [-0.05, 0) is 18.1 Å². The molecule has 1 fully saturated rings. The van der Waals surface area contributed by atoms with E-state index in [1.807, 2.05) is 0 Å². The van der Waals surface area contributed by atoms with Crippen LogP contribution in [0.15, 0.2) is 0 Å². The number of hydrogen-bond donors (Lipinski definition) is 2. The highest BCUT2D eigenvalue weighted by atomic mass is 28.4. The van der Waals surface area contributed by atoms with Crippen molar-refractivity contribution in [3.63, 3.8) is 0 Å². The van der Waals surface area contributed by atoms with Crippen LogP contribution in [-0.2, 0) is 4.43 Å². The largest absolute Gasteiger partial charge is 0.412 e. The zero-order valence-electron chi connectivity index (χ0n) is 10.6. The van der Waals surface area contributed by atoms with Gasteiger partial charge in [-0.1, -0.05) is 20.8 Å². The highest BCUT2D eigenvalue weighted by Crippen LogP contribution is 2.38. The molecule has 2 unspecified atom stereocenters. The van der Waals surface area contributed by atoms with Crippen molar-refractivity contribution in [2.75, 3.05) is 19.7 Å². The van der Waals surface area contributed by atoms with Gasteiger partial charge in [0.2, 0.25) is 0 Å². The molecular weight excluding hydrogens is 206 g/mol. The molecule has 0 radical (unpaired) electrons. The molecule has 0 aromatic heterocycles. The van der Waals surface area contributed by atoms with Crippen molar-refractivity contribution in [3.8, 4) is 0 Å². The second-order valence-electron chi connectivity index (χ2n) is 6.02. The number of rotatable bonds is 3. The Hall–Kier alpha value is 0.0969. The minimum absolute atomic E-state index is 0.205. The van der Waals surface area contributed by atoms with Crippen molar-refractivity contribution in [1.29, 1.82) is 0 Å². The monoisotopic (exact) mass is 231 g/mol. The second-order valence-corrected chi connectivity index (χ2v) is 10.8. The molecule has 1 heterocycles. The van der Waals surface area contributed by atoms with Crippen LogP contribution >= 0.6 is 0 Å². The summed E-state index contributed by atoms with van der Waals surface area (Å²) in [4.78, 5) is 0. The predicted octanol–water partition coefficient (Wildman–Crippen LogP) is 1.59. The summed E-state index contributed by atoms with van der Waals surface area (Å²) in [6.07, 6.45) is 0.205. The molecule has 1 aliphatic heterocycles. The third-order valence-electron chi connectivity index (χ3n) is 3.76. The summed E-state index contributed by atoms with van der Waals surface area (Å²) in [6, 6.07) is 0. The molecule has 2 N–H and O–H groups in total. The normalized spacial score (nSPS) is 28.4. The van der Waals surface area contributed by atoms with Gasteiger partial charge in [0.05, 0.1) is 6.10 Å². The maximum Gasteiger partial charge on any atom is 0.192 e. The van der Waals surface area contributed by atoms with E-state index in [1.165, 1.54) is 0 Å². The van der Waals surface area contributed by atoms with Crippen LogP contribution in [0.5, 0.6) is 0 Å². The molecule has 0 saturated carbocycles. The van der Waals surface area contributed by atoms with Crippen molar-refractivity contribution in [2.24, 2.45) is 5.92 Å². The van der Waals surface area contributed by atoms with Crippen LogP contribution in [0, 0.1) is 5.92 Å². The number of nitrogens with one attached hydrogen (secondary N) is 1. The Labute approximate surface area is 94.3 Å². The van der Waals surface area contributed by atoms with Gasteiger partial charge in [-0.15, -0.1) is 0 Å². The molecule has 15 heavy (non-hydrogen) atoms. The summed E-state index contributed by atoms with van der Waals surface area (Å²) in [5, 5.41) is 12.8. The zero-order valence-corrected chi connectivity index (χ0v) is 11.6. The minimum atomic E-state index is -1.68. The van der Waals surface area contributed by atoms with Crippen LogP contribution in [0.3, 0.4) is 0 Å². The Kier molecular flexibility index (Phi) is 3.98. The van der Waals surface area contributed by atoms with Crippen molar-refractivity contribution < 1.29 is 9.53 Å². The Morgan fingerprint density at radius 2 is 1.93 bits per heavy atom. The Morgan fingerprint density at radius 1 is 1.33 bits per heavy atom. The van der Waals surface area contributed by atoms with Crippen molar-refractivity contribution in [1.82, 2.24) is 5.32 Å². The standard InChI is InChI=1S/C11H25NO2Si/c1-11(2,3)15(4,5)14-10-7-12-6-9(10)8-13/h9-10,12-13H,6-8H2,1-5H3. The summed E-state index contributed by atoms with van der Waals surface area (Å²) >= 11 is 0. The van der Waals surface area contributed by atoms with E-state index in [0.29, 0.717) is 0 Å². The van der Waals surface area contributed by atoms with E-state index in [9.17, 15) is 5.11 Å². The smallest absolute Gasteiger partial charge is 0.192 e. The van der Waals surface area contributed by atoms with Gasteiger partial charge in [0.1, 0.15) is 0 Å². The van der Waals surface area contributed by atoms with Crippen LogP contribution in [0.25, 0.3) is 0 Å². The first-order chi connectivity index (χ1) is 6.78. The fourth-order valence-corrected chi connectivity index (χ4v) is 2.97. The van der Waals surface area contributed by atoms with Gasteiger partial charge < -0.3 is 14.8 Å². The molecule has 3 nitrogen and oxygen atoms in total. The Bertz CT molecular complexity index is 213. The summed E-state index contributed by atoms with van der Waals surface area (Å²) < 4.78 is 6.28. The van der Waals surface area contributed by atoms with Crippen LogP contribution in [-0.4, -0.2) is 39.2 Å². The predicted molar refractivity (Wildman–Crippen MR) is 65.5 cm³/mol. The van der Waals surface area contributed by atoms with E-state index in [4.69, 9.17) is 4.43 Å². The fourth-order valence-electron chi connectivity index (χ4n) is 1.58. The van der Waals surface area contributed by atoms with Gasteiger partial charge in [0.15, 0.2) is 8.32 Å². The third-order valence-corrected chi connectivity index (χ3v) is 8.27. The lowest BCUT2D eigenvalue weighted by Crippen LogP contribution is -2.46. The number of hydrogen-bond acceptors (Lipinski definition) is 3. The van der Waals surface area contributed by atoms with Gasteiger partial charge in [-0.25, -0.2) is 0 Å². The summed E-state index contributed by atoms with van der Waals surface area (Å²) in [6.45, 7) is 13.3. The van der Waals surface area contributed by atoms with Crippen molar-refractivity contribution >= 4 is 8.32 Å². The van der Waals surface area contributed by atoms with Crippen LogP contribution in [0.4, 0.5) is 0 Å². The highest BCUT2D eigenvalue weighted by Gasteiger charge is 2.41. The first-order valence-corrected chi connectivity index (χ1v) is 8.68. The van der Waals surface area contributed by atoms with Crippen LogP contribution < -0.4 is 5.32 Å². The maximum atomic E-state index is 9.23. The maximum absolute atomic E-state index is 9.23. The van der Waals surface area contributed by atoms with Crippen molar-refractivity contribution in [2.45, 2.75) is 45.0 Å². The average Bonchev–Trinajstić information content (AvgIpc) is 2.48. The highest BCUT2D eigenvalue weighted by molar-refractivity contribution is 6.74. The second kappa shape index (κ2) is 4.53. The molecular formula is C11H25NO2Si. The lowest BCUT2D eigenvalue weighted by atomic mass is 10.1. The summed E-state index contributed by atoms with van der Waals surface area (Å²) in [5.41, 5.74) is 0. The molecule has 0 aromatic rings. The SMILES string of the molecule is CC(C)(C)[Si](C)(C)OC1CNCC1CO. The quantitative estimate of drug-likeness (QED) is 0.725. The molecule has 4 heteroatoms. The molecule has 0 amide bonds. The van der Waals surface area contributed by atoms with E-state index in [-0.39, 0.29) is 23.7 Å². The molecule has 2 atom stereocenters. The average molecular weight is 231 g/mol. The van der Waals surface area contributed by atoms with E-state index in [2.05, 4.69) is 39.2 Å².